The molecule has 1 saturated carbocycles. The number of piperazine rings is 1. The van der Waals surface area contributed by atoms with Gasteiger partial charge in [-0.05, 0) is 25.0 Å². The average molecular weight is 342 g/mol. The second kappa shape index (κ2) is 7.21. The Bertz CT molecular complexity index is 710. The Hall–Kier alpha value is -2.44. The first-order valence-corrected chi connectivity index (χ1v) is 9.00. The molecule has 0 amide bonds. The number of nitrogens with one attached hydrogen (secondary N) is 1. The van der Waals surface area contributed by atoms with E-state index in [1.54, 1.807) is 12.3 Å². The van der Waals surface area contributed by atoms with E-state index in [0.29, 0.717) is 17.7 Å². The Morgan fingerprint density at radius 2 is 1.72 bits per heavy atom. The van der Waals surface area contributed by atoms with Gasteiger partial charge >= 0.3 is 0 Å². The number of hydrogen-bond donors (Lipinski definition) is 1. The van der Waals surface area contributed by atoms with Crippen molar-refractivity contribution in [1.82, 2.24) is 15.2 Å². The summed E-state index contributed by atoms with van der Waals surface area (Å²) in [5.74, 6) is 1.28. The standard InChI is InChI=1S/C18H23FN6/c19-15-7-3-4-8-16(15)24-9-11-25(12-10-24)17-13-20-23-18(22-17)21-14-5-1-2-6-14/h3-4,7-8,13-14H,1-2,5-6,9-12H2,(H,21,22,23). The van der Waals surface area contributed by atoms with Gasteiger partial charge in [0, 0.05) is 32.2 Å². The molecule has 2 heterocycles. The molecule has 7 heteroatoms. The third-order valence-electron chi connectivity index (χ3n) is 5.03. The maximum atomic E-state index is 13.9. The van der Waals surface area contributed by atoms with Crippen molar-refractivity contribution in [3.8, 4) is 0 Å². The fourth-order valence-corrected chi connectivity index (χ4v) is 3.65. The summed E-state index contributed by atoms with van der Waals surface area (Å²) < 4.78 is 13.9. The highest BCUT2D eigenvalue weighted by atomic mass is 19.1. The molecule has 6 nitrogen and oxygen atoms in total. The molecule has 0 atom stereocenters. The molecule has 0 unspecified atom stereocenters. The SMILES string of the molecule is Fc1ccccc1N1CCN(c2cnnc(NC3CCCC3)n2)CC1. The molecule has 4 rings (SSSR count). The molecular weight excluding hydrogens is 319 g/mol. The molecule has 1 saturated heterocycles. The van der Waals surface area contributed by atoms with E-state index >= 15 is 0 Å². The normalized spacial score (nSPS) is 18.6. The highest BCUT2D eigenvalue weighted by Gasteiger charge is 2.21. The zero-order chi connectivity index (χ0) is 17.1. The Kier molecular flexibility index (Phi) is 4.63. The van der Waals surface area contributed by atoms with E-state index in [1.807, 2.05) is 12.1 Å². The molecule has 1 aliphatic heterocycles. The van der Waals surface area contributed by atoms with Crippen LogP contribution in [0.25, 0.3) is 0 Å². The second-order valence-electron chi connectivity index (χ2n) is 6.69. The molecule has 0 spiro atoms. The van der Waals surface area contributed by atoms with Gasteiger partial charge in [-0.15, -0.1) is 5.10 Å². The van der Waals surface area contributed by atoms with E-state index in [0.717, 1.165) is 32.0 Å². The van der Waals surface area contributed by atoms with E-state index < -0.39 is 0 Å². The van der Waals surface area contributed by atoms with Gasteiger partial charge in [0.15, 0.2) is 5.82 Å². The van der Waals surface area contributed by atoms with Gasteiger partial charge in [0.25, 0.3) is 0 Å². The second-order valence-corrected chi connectivity index (χ2v) is 6.69. The average Bonchev–Trinajstić information content (AvgIpc) is 3.16. The van der Waals surface area contributed by atoms with Crippen LogP contribution in [-0.4, -0.2) is 47.4 Å². The van der Waals surface area contributed by atoms with Crippen LogP contribution in [0.4, 0.5) is 21.8 Å². The van der Waals surface area contributed by atoms with Gasteiger partial charge in [-0.1, -0.05) is 25.0 Å². The maximum absolute atomic E-state index is 13.9. The van der Waals surface area contributed by atoms with Gasteiger partial charge in [0.05, 0.1) is 11.9 Å². The first-order valence-electron chi connectivity index (χ1n) is 9.00. The summed E-state index contributed by atoms with van der Waals surface area (Å²) in [6.45, 7) is 3.10. The lowest BCUT2D eigenvalue weighted by Gasteiger charge is -2.36. The minimum atomic E-state index is -0.164. The summed E-state index contributed by atoms with van der Waals surface area (Å²) in [5.41, 5.74) is 0.673. The molecule has 1 aromatic heterocycles. The molecule has 132 valence electrons. The number of rotatable bonds is 4. The third kappa shape index (κ3) is 3.65. The molecular formula is C18H23FN6. The largest absolute Gasteiger partial charge is 0.366 e. The number of benzene rings is 1. The zero-order valence-corrected chi connectivity index (χ0v) is 14.2. The monoisotopic (exact) mass is 342 g/mol. The van der Waals surface area contributed by atoms with Crippen molar-refractivity contribution in [1.29, 1.82) is 0 Å². The summed E-state index contributed by atoms with van der Waals surface area (Å²) in [4.78, 5) is 8.89. The molecule has 2 fully saturated rings. The predicted octanol–water partition coefficient (Wildman–Crippen LogP) is 2.69. The lowest BCUT2D eigenvalue weighted by atomic mass is 10.2. The topological polar surface area (TPSA) is 57.2 Å². The number of halogens is 1. The van der Waals surface area contributed by atoms with Crippen LogP contribution in [0.3, 0.4) is 0 Å². The molecule has 1 N–H and O–H groups in total. The van der Waals surface area contributed by atoms with Crippen LogP contribution < -0.4 is 15.1 Å². The molecule has 2 aromatic rings. The van der Waals surface area contributed by atoms with E-state index in [1.165, 1.54) is 31.7 Å². The van der Waals surface area contributed by atoms with Crippen LogP contribution in [0.1, 0.15) is 25.7 Å². The summed E-state index contributed by atoms with van der Waals surface area (Å²) in [6, 6.07) is 7.41. The fraction of sp³-hybridized carbons (Fsp3) is 0.500. The number of anilines is 3. The van der Waals surface area contributed by atoms with Crippen LogP contribution in [0, 0.1) is 5.82 Å². The highest BCUT2D eigenvalue weighted by molar-refractivity contribution is 5.50. The first kappa shape index (κ1) is 16.1. The summed E-state index contributed by atoms with van der Waals surface area (Å²) >= 11 is 0. The van der Waals surface area contributed by atoms with Crippen LogP contribution in [0.15, 0.2) is 30.5 Å². The van der Waals surface area contributed by atoms with Crippen molar-refractivity contribution in [2.24, 2.45) is 0 Å². The Morgan fingerprint density at radius 3 is 2.48 bits per heavy atom. The lowest BCUT2D eigenvalue weighted by molar-refractivity contribution is 0.595. The first-order chi connectivity index (χ1) is 12.3. The third-order valence-corrected chi connectivity index (χ3v) is 5.03. The van der Waals surface area contributed by atoms with Gasteiger partial charge < -0.3 is 15.1 Å². The van der Waals surface area contributed by atoms with Crippen molar-refractivity contribution in [3.63, 3.8) is 0 Å². The molecule has 0 bridgehead atoms. The van der Waals surface area contributed by atoms with Crippen molar-refractivity contribution < 1.29 is 4.39 Å². The molecule has 1 aromatic carbocycles. The van der Waals surface area contributed by atoms with Gasteiger partial charge in [-0.3, -0.25) is 0 Å². The predicted molar refractivity (Wildman–Crippen MR) is 96.5 cm³/mol. The number of hydrogen-bond acceptors (Lipinski definition) is 6. The Labute approximate surface area is 147 Å². The van der Waals surface area contributed by atoms with E-state index in [4.69, 9.17) is 0 Å². The molecule has 2 aliphatic rings. The van der Waals surface area contributed by atoms with Crippen LogP contribution >= 0.6 is 0 Å². The van der Waals surface area contributed by atoms with Crippen LogP contribution in [0.5, 0.6) is 0 Å². The van der Waals surface area contributed by atoms with Gasteiger partial charge in [-0.2, -0.15) is 10.1 Å². The summed E-state index contributed by atoms with van der Waals surface area (Å²) in [5, 5.41) is 11.6. The van der Waals surface area contributed by atoms with Crippen molar-refractivity contribution >= 4 is 17.5 Å². The van der Waals surface area contributed by atoms with Crippen LogP contribution in [0.2, 0.25) is 0 Å². The zero-order valence-electron chi connectivity index (χ0n) is 14.2. The van der Waals surface area contributed by atoms with Crippen LogP contribution in [-0.2, 0) is 0 Å². The van der Waals surface area contributed by atoms with Crippen molar-refractivity contribution in [3.05, 3.63) is 36.3 Å². The smallest absolute Gasteiger partial charge is 0.244 e. The van der Waals surface area contributed by atoms with E-state index in [9.17, 15) is 4.39 Å². The number of aromatic nitrogens is 3. The fourth-order valence-electron chi connectivity index (χ4n) is 3.65. The Morgan fingerprint density at radius 1 is 1.00 bits per heavy atom. The number of para-hydroxylation sites is 1. The highest BCUT2D eigenvalue weighted by Crippen LogP contribution is 2.23. The van der Waals surface area contributed by atoms with Gasteiger partial charge in [-0.25, -0.2) is 4.39 Å². The van der Waals surface area contributed by atoms with Crippen molar-refractivity contribution in [2.75, 3.05) is 41.3 Å². The molecule has 0 radical (unpaired) electrons. The molecule has 1 aliphatic carbocycles. The quantitative estimate of drug-likeness (QED) is 0.922. The van der Waals surface area contributed by atoms with Gasteiger partial charge in [0.2, 0.25) is 5.95 Å². The summed E-state index contributed by atoms with van der Waals surface area (Å²) in [6.07, 6.45) is 6.59. The minimum Gasteiger partial charge on any atom is -0.366 e. The number of nitrogens with zero attached hydrogens (tertiary/aromatic N) is 5. The van der Waals surface area contributed by atoms with Crippen molar-refractivity contribution in [2.45, 2.75) is 31.7 Å². The molecule has 25 heavy (non-hydrogen) atoms. The van der Waals surface area contributed by atoms with E-state index in [2.05, 4.69) is 30.3 Å². The maximum Gasteiger partial charge on any atom is 0.244 e. The Balaban J connectivity index is 1.39. The van der Waals surface area contributed by atoms with Gasteiger partial charge in [0.1, 0.15) is 5.82 Å². The summed E-state index contributed by atoms with van der Waals surface area (Å²) in [7, 11) is 0. The lowest BCUT2D eigenvalue weighted by Crippen LogP contribution is -2.47. The minimum absolute atomic E-state index is 0.164. The van der Waals surface area contributed by atoms with E-state index in [-0.39, 0.29) is 5.82 Å².